The summed E-state index contributed by atoms with van der Waals surface area (Å²) < 4.78 is 61.6. The predicted molar refractivity (Wildman–Crippen MR) is 336 cm³/mol. The van der Waals surface area contributed by atoms with Crippen LogP contribution in [0.1, 0.15) is 129 Å². The molecule has 2 saturated carbocycles. The van der Waals surface area contributed by atoms with Gasteiger partial charge in [-0.25, -0.2) is 0 Å². The van der Waals surface area contributed by atoms with E-state index in [1.807, 2.05) is 0 Å². The van der Waals surface area contributed by atoms with E-state index in [-0.39, 0.29) is 61.4 Å². The third-order valence-corrected chi connectivity index (χ3v) is 24.3. The summed E-state index contributed by atoms with van der Waals surface area (Å²) in [6.07, 6.45) is -28.3. The normalized spacial score (nSPS) is 50.2. The Morgan fingerprint density at radius 3 is 1.46 bits per heavy atom. The summed E-state index contributed by atoms with van der Waals surface area (Å²) in [6.45, 7) is 18.9. The van der Waals surface area contributed by atoms with Gasteiger partial charge in [0.15, 0.2) is 5.79 Å². The zero-order chi connectivity index (χ0) is 71.7. The minimum absolute atomic E-state index is 0.00491. The van der Waals surface area contributed by atoms with Crippen LogP contribution in [0.3, 0.4) is 0 Å². The van der Waals surface area contributed by atoms with Crippen molar-refractivity contribution in [2.45, 2.75) is 303 Å². The fourth-order valence-electron chi connectivity index (χ4n) is 17.5. The van der Waals surface area contributed by atoms with Crippen molar-refractivity contribution < 1.29 is 144 Å². The second-order valence-corrected chi connectivity index (χ2v) is 32.0. The largest absolute Gasteiger partial charge is 0.394 e. The Balaban J connectivity index is 0.914. The average Bonchev–Trinajstić information content (AvgIpc) is 0.712. The number of hydrogen-bond acceptors (Lipinski definition) is 29. The van der Waals surface area contributed by atoms with Crippen LogP contribution in [-0.2, 0) is 47.4 Å². The molecular formula is C67H118O29. The standard InChI is InChI=1S/C67H118O29/c1-30(14-18-44(61(6,7)86)90-29-65(11)59(96-67(13)58(85)53(80)47(74)39(23-70)95-67)54(81)49(76)41(94-65)25-88-27-63(9)56(83)51(78)46(73)38(22-69)92-63)31(2)33-20-42(71)66(12)34(32(33)3)15-16-35-36(66)17-19-43(60(35,4)5)89-28-64(10)57(84)52(79)48(75)40(93-64)24-87-26-62(8)55(82)50(77)45(72)37(21-68)91-62/h16,30-34,36-59,68-86H,14-15,17-29H2,1-13H3/t30?,31-,32-,33?,34?,36-,37?,38?,39?,40?,41?,42+,43?,44?,45+,46-,47-,48+,49-,50+,51?,52+,53?,54?,55?,56+,57?,58+,59+,62-,63+,64-,65+,66-,67+/m0/s1. The number of aliphatic hydroxyl groups is 19. The maximum absolute atomic E-state index is 12.6. The topological polar surface area (TPSA) is 477 Å². The zero-order valence-electron chi connectivity index (χ0n) is 58.0. The van der Waals surface area contributed by atoms with Crippen LogP contribution in [0.5, 0.6) is 0 Å². The molecule has 3 aliphatic carbocycles. The molecule has 5 saturated heterocycles. The summed E-state index contributed by atoms with van der Waals surface area (Å²) in [5.74, 6) is -1.79. The highest BCUT2D eigenvalue weighted by Crippen LogP contribution is 2.64. The van der Waals surface area contributed by atoms with Crippen molar-refractivity contribution in [3.05, 3.63) is 11.6 Å². The zero-order valence-corrected chi connectivity index (χ0v) is 58.0. The Hall–Kier alpha value is -1.42. The molecule has 5 heterocycles. The number of hydrogen-bond donors (Lipinski definition) is 19. The molecule has 8 rings (SSSR count). The lowest BCUT2D eigenvalue weighted by atomic mass is 9.44. The number of ether oxygens (including phenoxy) is 10. The number of aliphatic hydroxyl groups excluding tert-OH is 18. The van der Waals surface area contributed by atoms with E-state index in [0.717, 1.165) is 0 Å². The SMILES string of the molecule is CC(CCC(OC[C@@]1(C)OC(COC[C@@]2(C)OC(CO)[C@H](O)C(O)[C@H]2O)[C@H](O)C(O)[C@H]1O[C@@]1(C)OC(CO)[C@H](O)C(O)[C@H]1O)C(C)(C)O)[C@H](C)C1C[C@@H](O)[C@@]2(C)C(CC=C3[C@@H]2CCC(OC[C@]2(C)OC(COC[C@]4(C)OC(CO)[C@@H](O)[C@@H](O)C4O)[C@@H](O)[C@@H](O)C2O)C3(C)C)[C@H]1C. The fraction of sp³-hybridized carbons (Fsp3) is 0.970. The van der Waals surface area contributed by atoms with Gasteiger partial charge >= 0.3 is 0 Å². The molecule has 29 nitrogen and oxygen atoms in total. The molecule has 0 aromatic rings. The van der Waals surface area contributed by atoms with E-state index in [1.54, 1.807) is 20.8 Å². The van der Waals surface area contributed by atoms with Crippen molar-refractivity contribution in [3.63, 3.8) is 0 Å². The summed E-state index contributed by atoms with van der Waals surface area (Å²) in [6, 6.07) is 0. The molecule has 560 valence electrons. The number of rotatable bonds is 25. The molecule has 35 atom stereocenters. The van der Waals surface area contributed by atoms with Gasteiger partial charge in [-0.1, -0.05) is 53.2 Å². The third kappa shape index (κ3) is 15.3. The summed E-state index contributed by atoms with van der Waals surface area (Å²) in [7, 11) is 0. The van der Waals surface area contributed by atoms with Gasteiger partial charge in [0, 0.05) is 10.8 Å². The fourth-order valence-corrected chi connectivity index (χ4v) is 17.5. The van der Waals surface area contributed by atoms with Crippen molar-refractivity contribution >= 4 is 0 Å². The minimum atomic E-state index is -2.25. The molecule has 0 aromatic heterocycles. The van der Waals surface area contributed by atoms with Gasteiger partial charge in [-0.2, -0.15) is 0 Å². The third-order valence-electron chi connectivity index (χ3n) is 24.3. The van der Waals surface area contributed by atoms with Crippen LogP contribution in [0, 0.1) is 46.3 Å². The van der Waals surface area contributed by atoms with Crippen LogP contribution < -0.4 is 0 Å². The molecule has 0 aromatic carbocycles. The maximum atomic E-state index is 12.6. The van der Waals surface area contributed by atoms with E-state index in [0.29, 0.717) is 38.5 Å². The van der Waals surface area contributed by atoms with Crippen LogP contribution in [0.15, 0.2) is 11.6 Å². The van der Waals surface area contributed by atoms with Crippen LogP contribution in [0.25, 0.3) is 0 Å². The van der Waals surface area contributed by atoms with Gasteiger partial charge in [0.05, 0.1) is 83.4 Å². The van der Waals surface area contributed by atoms with Crippen molar-refractivity contribution in [3.8, 4) is 0 Å². The van der Waals surface area contributed by atoms with Gasteiger partial charge in [0.1, 0.15) is 144 Å². The Morgan fingerprint density at radius 1 is 0.531 bits per heavy atom. The smallest absolute Gasteiger partial charge is 0.195 e. The first-order valence-electron chi connectivity index (χ1n) is 34.4. The number of fused-ring (bicyclic) bond motifs is 3. The molecule has 96 heavy (non-hydrogen) atoms. The van der Waals surface area contributed by atoms with Crippen LogP contribution in [0.2, 0.25) is 0 Å². The summed E-state index contributed by atoms with van der Waals surface area (Å²) >= 11 is 0. The lowest BCUT2D eigenvalue weighted by molar-refractivity contribution is -0.402. The van der Waals surface area contributed by atoms with Gasteiger partial charge in [0.25, 0.3) is 0 Å². The van der Waals surface area contributed by atoms with E-state index in [1.165, 1.54) is 33.3 Å². The molecule has 5 aliphatic heterocycles. The van der Waals surface area contributed by atoms with Gasteiger partial charge in [-0.15, -0.1) is 0 Å². The lowest BCUT2D eigenvalue weighted by Crippen LogP contribution is -2.72. The molecular weight excluding hydrogens is 1270 g/mol. The minimum Gasteiger partial charge on any atom is -0.394 e. The summed E-state index contributed by atoms with van der Waals surface area (Å²) in [5, 5.41) is 207. The maximum Gasteiger partial charge on any atom is 0.195 e. The second-order valence-electron chi connectivity index (χ2n) is 32.0. The molecule has 0 bridgehead atoms. The molecule has 0 spiro atoms. The van der Waals surface area contributed by atoms with Crippen LogP contribution in [0.4, 0.5) is 0 Å². The van der Waals surface area contributed by atoms with Crippen LogP contribution >= 0.6 is 0 Å². The summed E-state index contributed by atoms with van der Waals surface area (Å²) in [4.78, 5) is 0. The van der Waals surface area contributed by atoms with Gasteiger partial charge in [0.2, 0.25) is 0 Å². The lowest BCUT2D eigenvalue weighted by Gasteiger charge is -2.62. The first kappa shape index (κ1) is 80.3. The van der Waals surface area contributed by atoms with E-state index >= 15 is 0 Å². The molecule has 0 radical (unpaired) electrons. The van der Waals surface area contributed by atoms with Gasteiger partial charge in [-0.05, 0) is 122 Å². The van der Waals surface area contributed by atoms with E-state index in [2.05, 4.69) is 47.6 Å². The molecule has 8 aliphatic rings. The van der Waals surface area contributed by atoms with Crippen molar-refractivity contribution in [2.24, 2.45) is 46.3 Å². The molecule has 29 heteroatoms. The summed E-state index contributed by atoms with van der Waals surface area (Å²) in [5.41, 5.74) is -7.99. The molecule has 0 amide bonds. The average molecular weight is 1390 g/mol. The second kappa shape index (κ2) is 30.3. The highest BCUT2D eigenvalue weighted by molar-refractivity contribution is 5.29. The highest BCUT2D eigenvalue weighted by Gasteiger charge is 2.63. The first-order chi connectivity index (χ1) is 44.5. The Bertz CT molecular complexity index is 2540. The van der Waals surface area contributed by atoms with Crippen molar-refractivity contribution in [1.29, 1.82) is 0 Å². The monoisotopic (exact) mass is 1390 g/mol. The highest BCUT2D eigenvalue weighted by atomic mass is 16.7. The number of allylic oxidation sites excluding steroid dienone is 1. The Kier molecular flexibility index (Phi) is 25.4. The van der Waals surface area contributed by atoms with E-state index in [4.69, 9.17) is 47.4 Å². The molecule has 15 unspecified atom stereocenters. The van der Waals surface area contributed by atoms with Crippen molar-refractivity contribution in [2.75, 3.05) is 59.5 Å². The molecule has 7 fully saturated rings. The predicted octanol–water partition coefficient (Wildman–Crippen LogP) is -3.82. The van der Waals surface area contributed by atoms with Gasteiger partial charge < -0.3 is 144 Å². The van der Waals surface area contributed by atoms with Crippen molar-refractivity contribution in [1.82, 2.24) is 0 Å². The Labute approximate surface area is 562 Å². The Morgan fingerprint density at radius 2 is 0.969 bits per heavy atom. The van der Waals surface area contributed by atoms with Crippen LogP contribution in [-0.4, -0.2) is 331 Å². The van der Waals surface area contributed by atoms with Gasteiger partial charge in [-0.3, -0.25) is 0 Å². The first-order valence-corrected chi connectivity index (χ1v) is 34.4. The van der Waals surface area contributed by atoms with E-state index < -0.39 is 219 Å². The quantitative estimate of drug-likeness (QED) is 0.0390. The van der Waals surface area contributed by atoms with E-state index in [9.17, 15) is 97.0 Å². The molecule has 19 N–H and O–H groups in total.